The maximum absolute atomic E-state index is 12.0. The molecule has 6 heteroatoms. The van der Waals surface area contributed by atoms with Crippen molar-refractivity contribution in [1.82, 2.24) is 5.32 Å². The first-order valence-electron chi connectivity index (χ1n) is 5.54. The van der Waals surface area contributed by atoms with Gasteiger partial charge in [-0.25, -0.2) is 0 Å². The molecule has 0 bridgehead atoms. The highest BCUT2D eigenvalue weighted by molar-refractivity contribution is 9.10. The summed E-state index contributed by atoms with van der Waals surface area (Å²) in [6.07, 6.45) is 0.550. The maximum atomic E-state index is 12.0. The van der Waals surface area contributed by atoms with Gasteiger partial charge in [0.2, 0.25) is 0 Å². The predicted octanol–water partition coefficient (Wildman–Crippen LogP) is 2.01. The van der Waals surface area contributed by atoms with Gasteiger partial charge >= 0.3 is 0 Å². The van der Waals surface area contributed by atoms with E-state index in [1.807, 2.05) is 19.9 Å². The number of amides is 1. The van der Waals surface area contributed by atoms with Crippen LogP contribution in [0.3, 0.4) is 0 Å². The molecule has 0 radical (unpaired) electrons. The predicted molar refractivity (Wildman–Crippen MR) is 73.8 cm³/mol. The van der Waals surface area contributed by atoms with Crippen LogP contribution >= 0.6 is 15.9 Å². The molecule has 0 aliphatic carbocycles. The number of rotatable bonds is 4. The molecule has 18 heavy (non-hydrogen) atoms. The summed E-state index contributed by atoms with van der Waals surface area (Å²) in [7, 11) is 0. The summed E-state index contributed by atoms with van der Waals surface area (Å²) in [4.78, 5) is 12.0. The molecule has 0 aromatic heterocycles. The van der Waals surface area contributed by atoms with Crippen molar-refractivity contribution in [3.63, 3.8) is 0 Å². The Hall–Kier alpha value is -1.56. The number of oxime groups is 1. The number of aryl methyl sites for hydroxylation is 1. The SMILES string of the molecule is CCC(NC(=O)c1ccc(C)c(Br)c1)/C(N)=N/O. The summed E-state index contributed by atoms with van der Waals surface area (Å²) >= 11 is 3.37. The summed E-state index contributed by atoms with van der Waals surface area (Å²) in [5, 5.41) is 14.2. The Morgan fingerprint density at radius 3 is 2.78 bits per heavy atom. The number of benzene rings is 1. The molecule has 0 fully saturated rings. The second kappa shape index (κ2) is 6.39. The van der Waals surface area contributed by atoms with Crippen LogP contribution in [0, 0.1) is 6.92 Å². The van der Waals surface area contributed by atoms with Gasteiger partial charge in [0.15, 0.2) is 5.84 Å². The van der Waals surface area contributed by atoms with E-state index in [0.29, 0.717) is 12.0 Å². The number of nitrogens with two attached hydrogens (primary N) is 1. The van der Waals surface area contributed by atoms with E-state index in [9.17, 15) is 4.79 Å². The zero-order valence-corrected chi connectivity index (χ0v) is 11.9. The first-order chi connectivity index (χ1) is 8.49. The zero-order valence-electron chi connectivity index (χ0n) is 10.3. The van der Waals surface area contributed by atoms with Crippen LogP contribution in [-0.4, -0.2) is 23.0 Å². The number of nitrogens with one attached hydrogen (secondary N) is 1. The minimum Gasteiger partial charge on any atom is -0.409 e. The summed E-state index contributed by atoms with van der Waals surface area (Å²) < 4.78 is 0.868. The van der Waals surface area contributed by atoms with Crippen LogP contribution in [0.2, 0.25) is 0 Å². The van der Waals surface area contributed by atoms with Crippen molar-refractivity contribution in [2.75, 3.05) is 0 Å². The van der Waals surface area contributed by atoms with Crippen LogP contribution < -0.4 is 11.1 Å². The highest BCUT2D eigenvalue weighted by atomic mass is 79.9. The Morgan fingerprint density at radius 2 is 2.28 bits per heavy atom. The Labute approximate surface area is 114 Å². The van der Waals surface area contributed by atoms with E-state index >= 15 is 0 Å². The van der Waals surface area contributed by atoms with Crippen molar-refractivity contribution in [1.29, 1.82) is 0 Å². The van der Waals surface area contributed by atoms with Crippen molar-refractivity contribution >= 4 is 27.7 Å². The second-order valence-corrected chi connectivity index (χ2v) is 4.78. The normalized spacial score (nSPS) is 13.2. The molecular formula is C12H16BrN3O2. The van der Waals surface area contributed by atoms with Gasteiger partial charge in [-0.15, -0.1) is 0 Å². The average molecular weight is 314 g/mol. The van der Waals surface area contributed by atoms with Crippen molar-refractivity contribution in [2.45, 2.75) is 26.3 Å². The van der Waals surface area contributed by atoms with Gasteiger partial charge in [-0.3, -0.25) is 4.79 Å². The molecule has 98 valence electrons. The lowest BCUT2D eigenvalue weighted by Gasteiger charge is -2.15. The quantitative estimate of drug-likeness (QED) is 0.344. The summed E-state index contributed by atoms with van der Waals surface area (Å²) in [5.74, 6) is -0.258. The average Bonchev–Trinajstić information content (AvgIpc) is 2.37. The molecule has 1 rings (SSSR count). The summed E-state index contributed by atoms with van der Waals surface area (Å²) in [6.45, 7) is 3.78. The van der Waals surface area contributed by atoms with E-state index in [0.717, 1.165) is 10.0 Å². The number of nitrogens with zero attached hydrogens (tertiary/aromatic N) is 1. The molecule has 1 aromatic rings. The van der Waals surface area contributed by atoms with Crippen LogP contribution in [0.1, 0.15) is 29.3 Å². The standard InChI is InChI=1S/C12H16BrN3O2/c1-3-10(11(14)16-18)15-12(17)8-5-4-7(2)9(13)6-8/h4-6,10,18H,3H2,1-2H3,(H2,14,16)(H,15,17). The molecule has 0 heterocycles. The van der Waals surface area contributed by atoms with Crippen LogP contribution in [-0.2, 0) is 0 Å². The number of hydrogen-bond donors (Lipinski definition) is 3. The topological polar surface area (TPSA) is 87.7 Å². The number of hydrogen-bond acceptors (Lipinski definition) is 3. The largest absolute Gasteiger partial charge is 0.409 e. The first-order valence-corrected chi connectivity index (χ1v) is 6.33. The molecule has 0 spiro atoms. The minimum atomic E-state index is -0.470. The maximum Gasteiger partial charge on any atom is 0.251 e. The number of halogens is 1. The first kappa shape index (κ1) is 14.5. The molecule has 1 unspecified atom stereocenters. The molecule has 0 saturated carbocycles. The number of carbonyl (C=O) groups excluding carboxylic acids is 1. The summed E-state index contributed by atoms with van der Waals surface area (Å²) in [5.41, 5.74) is 7.06. The number of carbonyl (C=O) groups is 1. The van der Waals surface area contributed by atoms with Gasteiger partial charge in [0.05, 0.1) is 6.04 Å². The third-order valence-corrected chi connectivity index (χ3v) is 3.47. The fourth-order valence-corrected chi connectivity index (χ4v) is 1.81. The Bertz CT molecular complexity index is 474. The highest BCUT2D eigenvalue weighted by Gasteiger charge is 2.16. The van der Waals surface area contributed by atoms with E-state index in [1.54, 1.807) is 12.1 Å². The van der Waals surface area contributed by atoms with Crippen molar-refractivity contribution in [3.8, 4) is 0 Å². The van der Waals surface area contributed by atoms with Crippen LogP contribution in [0.25, 0.3) is 0 Å². The van der Waals surface area contributed by atoms with E-state index in [1.165, 1.54) is 0 Å². The molecular weight excluding hydrogens is 298 g/mol. The van der Waals surface area contributed by atoms with Gasteiger partial charge in [0.25, 0.3) is 5.91 Å². The van der Waals surface area contributed by atoms with Gasteiger partial charge in [-0.2, -0.15) is 0 Å². The third-order valence-electron chi connectivity index (χ3n) is 2.62. The second-order valence-electron chi connectivity index (χ2n) is 3.92. The molecule has 5 nitrogen and oxygen atoms in total. The Morgan fingerprint density at radius 1 is 1.61 bits per heavy atom. The summed E-state index contributed by atoms with van der Waals surface area (Å²) in [6, 6.07) is 4.85. The van der Waals surface area contributed by atoms with Gasteiger partial charge in [0.1, 0.15) is 0 Å². The molecule has 1 aromatic carbocycles. The van der Waals surface area contributed by atoms with Gasteiger partial charge in [-0.1, -0.05) is 34.1 Å². The third kappa shape index (κ3) is 3.46. The Kier molecular flexibility index (Phi) is 5.15. The lowest BCUT2D eigenvalue weighted by atomic mass is 10.1. The van der Waals surface area contributed by atoms with E-state index in [-0.39, 0.29) is 11.7 Å². The molecule has 4 N–H and O–H groups in total. The van der Waals surface area contributed by atoms with Crippen LogP contribution in [0.4, 0.5) is 0 Å². The van der Waals surface area contributed by atoms with Gasteiger partial charge < -0.3 is 16.3 Å². The molecule has 1 amide bonds. The molecule has 0 aliphatic heterocycles. The molecule has 1 atom stereocenters. The lowest BCUT2D eigenvalue weighted by Crippen LogP contribution is -2.44. The van der Waals surface area contributed by atoms with Crippen LogP contribution in [0.15, 0.2) is 27.8 Å². The van der Waals surface area contributed by atoms with Gasteiger partial charge in [-0.05, 0) is 31.0 Å². The molecule has 0 aliphatic rings. The monoisotopic (exact) mass is 313 g/mol. The van der Waals surface area contributed by atoms with Crippen molar-refractivity contribution in [3.05, 3.63) is 33.8 Å². The fraction of sp³-hybridized carbons (Fsp3) is 0.333. The van der Waals surface area contributed by atoms with E-state index in [2.05, 4.69) is 26.4 Å². The van der Waals surface area contributed by atoms with E-state index < -0.39 is 6.04 Å². The highest BCUT2D eigenvalue weighted by Crippen LogP contribution is 2.17. The van der Waals surface area contributed by atoms with E-state index in [4.69, 9.17) is 10.9 Å². The number of amidine groups is 1. The molecule has 0 saturated heterocycles. The fourth-order valence-electron chi connectivity index (χ4n) is 1.43. The lowest BCUT2D eigenvalue weighted by molar-refractivity contribution is 0.0945. The smallest absolute Gasteiger partial charge is 0.251 e. The minimum absolute atomic E-state index is 0.00275. The van der Waals surface area contributed by atoms with Crippen LogP contribution in [0.5, 0.6) is 0 Å². The van der Waals surface area contributed by atoms with Crippen molar-refractivity contribution in [2.24, 2.45) is 10.9 Å². The Balaban J connectivity index is 2.84. The van der Waals surface area contributed by atoms with Gasteiger partial charge in [0, 0.05) is 10.0 Å². The zero-order chi connectivity index (χ0) is 13.7. The van der Waals surface area contributed by atoms with Crippen molar-refractivity contribution < 1.29 is 10.0 Å².